The second-order valence-electron chi connectivity index (χ2n) is 3.73. The fraction of sp³-hybridized carbons (Fsp3) is 0.875. The van der Waals surface area contributed by atoms with Gasteiger partial charge in [-0.25, -0.2) is 0 Å². The fourth-order valence-electron chi connectivity index (χ4n) is 1.30. The summed E-state index contributed by atoms with van der Waals surface area (Å²) >= 11 is 11.7. The minimum Gasteiger partial charge on any atom is -0.299 e. The van der Waals surface area contributed by atoms with Crippen molar-refractivity contribution in [2.75, 3.05) is 0 Å². The normalized spacial score (nSPS) is 34.0. The number of ketones is 1. The molecule has 64 valence electrons. The van der Waals surface area contributed by atoms with Crippen LogP contribution >= 0.6 is 23.2 Å². The van der Waals surface area contributed by atoms with E-state index in [4.69, 9.17) is 23.2 Å². The molecule has 1 saturated carbocycles. The van der Waals surface area contributed by atoms with Crippen molar-refractivity contribution in [1.29, 1.82) is 0 Å². The molecule has 0 aromatic rings. The predicted molar refractivity (Wildman–Crippen MR) is 47.0 cm³/mol. The van der Waals surface area contributed by atoms with Gasteiger partial charge in [-0.1, -0.05) is 13.8 Å². The van der Waals surface area contributed by atoms with E-state index in [0.29, 0.717) is 6.42 Å². The summed E-state index contributed by atoms with van der Waals surface area (Å²) in [4.78, 5) is 11.5. The summed E-state index contributed by atoms with van der Waals surface area (Å²) in [5.74, 6) is 0.196. The van der Waals surface area contributed by atoms with Crippen LogP contribution in [0.4, 0.5) is 0 Å². The maximum Gasteiger partial charge on any atom is 0.144 e. The highest BCUT2D eigenvalue weighted by atomic mass is 35.5. The molecule has 1 nitrogen and oxygen atoms in total. The highest BCUT2D eigenvalue weighted by Gasteiger charge is 2.67. The van der Waals surface area contributed by atoms with E-state index in [-0.39, 0.29) is 11.7 Å². The number of Topliss-reactive ketones (excluding diaryl/α,β-unsaturated/α-hetero) is 1. The summed E-state index contributed by atoms with van der Waals surface area (Å²) in [6, 6.07) is 0. The zero-order chi connectivity index (χ0) is 8.86. The van der Waals surface area contributed by atoms with E-state index in [1.807, 2.05) is 20.8 Å². The van der Waals surface area contributed by atoms with Gasteiger partial charge in [0.25, 0.3) is 0 Å². The van der Waals surface area contributed by atoms with Crippen LogP contribution in [0.25, 0.3) is 0 Å². The van der Waals surface area contributed by atoms with Crippen LogP contribution in [0.2, 0.25) is 0 Å². The van der Waals surface area contributed by atoms with Gasteiger partial charge in [0, 0.05) is 5.92 Å². The maximum atomic E-state index is 11.5. The Morgan fingerprint density at radius 1 is 1.45 bits per heavy atom. The largest absolute Gasteiger partial charge is 0.299 e. The first-order valence-electron chi connectivity index (χ1n) is 3.73. The van der Waals surface area contributed by atoms with E-state index in [1.54, 1.807) is 0 Å². The minimum absolute atomic E-state index is 0.0272. The monoisotopic (exact) mass is 194 g/mol. The van der Waals surface area contributed by atoms with Crippen molar-refractivity contribution in [3.8, 4) is 0 Å². The molecule has 0 unspecified atom stereocenters. The molecule has 0 spiro atoms. The van der Waals surface area contributed by atoms with Crippen LogP contribution in [-0.4, -0.2) is 10.1 Å². The van der Waals surface area contributed by atoms with Gasteiger partial charge in [0.1, 0.15) is 10.1 Å². The Labute approximate surface area is 77.1 Å². The molecule has 1 aliphatic carbocycles. The van der Waals surface area contributed by atoms with E-state index >= 15 is 0 Å². The van der Waals surface area contributed by atoms with Crippen LogP contribution in [0.1, 0.15) is 27.2 Å². The molecule has 0 N–H and O–H groups in total. The number of halogens is 2. The first-order chi connectivity index (χ1) is 4.81. The molecule has 0 radical (unpaired) electrons. The zero-order valence-electron chi connectivity index (χ0n) is 6.95. The van der Waals surface area contributed by atoms with Gasteiger partial charge in [-0.05, 0) is 13.3 Å². The minimum atomic E-state index is -0.797. The molecule has 3 heteroatoms. The van der Waals surface area contributed by atoms with Gasteiger partial charge in [-0.3, -0.25) is 4.79 Å². The predicted octanol–water partition coefficient (Wildman–Crippen LogP) is 2.80. The van der Waals surface area contributed by atoms with Crippen molar-refractivity contribution in [1.82, 2.24) is 0 Å². The third-order valence-corrected chi connectivity index (χ3v) is 3.43. The molecular weight excluding hydrogens is 183 g/mol. The molecular formula is C8H12Cl2O. The molecule has 0 aromatic heterocycles. The smallest absolute Gasteiger partial charge is 0.144 e. The number of hydrogen-bond acceptors (Lipinski definition) is 1. The third-order valence-electron chi connectivity index (χ3n) is 2.33. The second-order valence-corrected chi connectivity index (χ2v) is 5.22. The fourth-order valence-corrected chi connectivity index (χ4v) is 2.03. The van der Waals surface area contributed by atoms with Crippen LogP contribution in [0.5, 0.6) is 0 Å². The first-order valence-corrected chi connectivity index (χ1v) is 4.49. The molecule has 1 fully saturated rings. The topological polar surface area (TPSA) is 17.1 Å². The third kappa shape index (κ3) is 1.29. The van der Waals surface area contributed by atoms with E-state index in [1.165, 1.54) is 0 Å². The van der Waals surface area contributed by atoms with Crippen LogP contribution in [0.3, 0.4) is 0 Å². The lowest BCUT2D eigenvalue weighted by atomic mass is 9.94. The van der Waals surface area contributed by atoms with Crippen LogP contribution in [0, 0.1) is 11.3 Å². The molecule has 1 rings (SSSR count). The van der Waals surface area contributed by atoms with Gasteiger partial charge in [0.05, 0.1) is 5.41 Å². The zero-order valence-corrected chi connectivity index (χ0v) is 8.46. The van der Waals surface area contributed by atoms with Gasteiger partial charge in [-0.2, -0.15) is 0 Å². The highest BCUT2D eigenvalue weighted by Crippen LogP contribution is 2.64. The van der Waals surface area contributed by atoms with E-state index in [9.17, 15) is 4.79 Å². The molecule has 1 atom stereocenters. The Hall–Kier alpha value is 0.250. The SMILES string of the molecule is CC(C)C(=O)[C@]1(C)CC1(Cl)Cl. The number of rotatable bonds is 2. The standard InChI is InChI=1S/C8H12Cl2O/c1-5(2)6(11)7(3)4-8(7,9)10/h5H,4H2,1-3H3/t7-/m0/s1. The van der Waals surface area contributed by atoms with Gasteiger partial charge < -0.3 is 0 Å². The summed E-state index contributed by atoms with van der Waals surface area (Å²) in [6.45, 7) is 5.57. The molecule has 1 aliphatic rings. The highest BCUT2D eigenvalue weighted by molar-refractivity contribution is 6.53. The quantitative estimate of drug-likeness (QED) is 0.619. The van der Waals surface area contributed by atoms with Crippen LogP contribution < -0.4 is 0 Å². The summed E-state index contributed by atoms with van der Waals surface area (Å²) in [5, 5.41) is 0. The maximum absolute atomic E-state index is 11.5. The van der Waals surface area contributed by atoms with Crippen molar-refractivity contribution in [2.24, 2.45) is 11.3 Å². The summed E-state index contributed by atoms with van der Waals surface area (Å²) in [7, 11) is 0. The Bertz CT molecular complexity index is 198. The Morgan fingerprint density at radius 3 is 1.91 bits per heavy atom. The molecule has 0 aromatic carbocycles. The summed E-state index contributed by atoms with van der Waals surface area (Å²) in [5.41, 5.74) is -0.482. The second kappa shape index (κ2) is 2.37. The number of hydrogen-bond donors (Lipinski definition) is 0. The Balaban J connectivity index is 2.72. The molecule has 0 aliphatic heterocycles. The van der Waals surface area contributed by atoms with Crippen LogP contribution in [0.15, 0.2) is 0 Å². The van der Waals surface area contributed by atoms with E-state index in [2.05, 4.69) is 0 Å². The summed E-state index contributed by atoms with van der Waals surface area (Å²) in [6.07, 6.45) is 0.597. The molecule has 11 heavy (non-hydrogen) atoms. The Kier molecular flexibility index (Phi) is 2.01. The first kappa shape index (κ1) is 9.34. The van der Waals surface area contributed by atoms with Crippen LogP contribution in [-0.2, 0) is 4.79 Å². The van der Waals surface area contributed by atoms with Gasteiger partial charge >= 0.3 is 0 Å². The van der Waals surface area contributed by atoms with Crippen molar-refractivity contribution in [2.45, 2.75) is 31.5 Å². The Morgan fingerprint density at radius 2 is 1.82 bits per heavy atom. The van der Waals surface area contributed by atoms with E-state index in [0.717, 1.165) is 0 Å². The molecule has 0 amide bonds. The summed E-state index contributed by atoms with van der Waals surface area (Å²) < 4.78 is -0.797. The number of carbonyl (C=O) groups is 1. The average Bonchev–Trinajstić information content (AvgIpc) is 2.32. The molecule has 0 bridgehead atoms. The number of alkyl halides is 2. The average molecular weight is 195 g/mol. The van der Waals surface area contributed by atoms with Crippen molar-refractivity contribution < 1.29 is 4.79 Å². The lowest BCUT2D eigenvalue weighted by Crippen LogP contribution is -2.23. The van der Waals surface area contributed by atoms with Crippen molar-refractivity contribution in [3.63, 3.8) is 0 Å². The van der Waals surface area contributed by atoms with E-state index < -0.39 is 9.75 Å². The van der Waals surface area contributed by atoms with Gasteiger partial charge in [0.2, 0.25) is 0 Å². The lowest BCUT2D eigenvalue weighted by molar-refractivity contribution is -0.126. The van der Waals surface area contributed by atoms with Gasteiger partial charge in [-0.15, -0.1) is 23.2 Å². The van der Waals surface area contributed by atoms with Crippen molar-refractivity contribution in [3.05, 3.63) is 0 Å². The number of carbonyl (C=O) groups excluding carboxylic acids is 1. The lowest BCUT2D eigenvalue weighted by Gasteiger charge is -2.12. The molecule has 0 saturated heterocycles. The van der Waals surface area contributed by atoms with Crippen molar-refractivity contribution >= 4 is 29.0 Å². The van der Waals surface area contributed by atoms with Gasteiger partial charge in [0.15, 0.2) is 0 Å². The molecule has 0 heterocycles.